The van der Waals surface area contributed by atoms with Crippen molar-refractivity contribution >= 4 is 11.6 Å². The van der Waals surface area contributed by atoms with Crippen LogP contribution in [0, 0.1) is 10.1 Å². The number of nitrogens with zero attached hydrogens (tertiary/aromatic N) is 1. The molecular formula is C12H17N3O3. The van der Waals surface area contributed by atoms with Gasteiger partial charge in [-0.3, -0.25) is 14.9 Å². The van der Waals surface area contributed by atoms with Gasteiger partial charge in [0, 0.05) is 30.3 Å². The molecule has 0 spiro atoms. The predicted octanol–water partition coefficient (Wildman–Crippen LogP) is 1.45. The van der Waals surface area contributed by atoms with Gasteiger partial charge in [-0.1, -0.05) is 19.4 Å². The summed E-state index contributed by atoms with van der Waals surface area (Å²) in [6, 6.07) is 5.55. The summed E-state index contributed by atoms with van der Waals surface area (Å²) < 4.78 is 0. The van der Waals surface area contributed by atoms with Crippen LogP contribution < -0.4 is 11.1 Å². The van der Waals surface area contributed by atoms with Gasteiger partial charge in [-0.15, -0.1) is 0 Å². The van der Waals surface area contributed by atoms with Crippen LogP contribution in [-0.4, -0.2) is 23.4 Å². The van der Waals surface area contributed by atoms with Gasteiger partial charge < -0.3 is 11.1 Å². The van der Waals surface area contributed by atoms with E-state index < -0.39 is 4.92 Å². The Hall–Kier alpha value is -1.95. The van der Waals surface area contributed by atoms with Crippen LogP contribution in [0.5, 0.6) is 0 Å². The van der Waals surface area contributed by atoms with Crippen molar-refractivity contribution in [1.29, 1.82) is 0 Å². The van der Waals surface area contributed by atoms with Gasteiger partial charge in [0.05, 0.1) is 4.92 Å². The Balaban J connectivity index is 2.77. The van der Waals surface area contributed by atoms with E-state index in [4.69, 9.17) is 5.73 Å². The summed E-state index contributed by atoms with van der Waals surface area (Å²) in [5, 5.41) is 13.4. The number of nitro groups is 1. The number of carbonyl (C=O) groups excluding carboxylic acids is 1. The Morgan fingerprint density at radius 2 is 2.28 bits per heavy atom. The van der Waals surface area contributed by atoms with Gasteiger partial charge in [0.2, 0.25) is 0 Å². The highest BCUT2D eigenvalue weighted by atomic mass is 16.6. The third kappa shape index (κ3) is 3.81. The van der Waals surface area contributed by atoms with E-state index in [1.165, 1.54) is 18.2 Å². The maximum absolute atomic E-state index is 11.9. The third-order valence-electron chi connectivity index (χ3n) is 2.58. The molecule has 3 N–H and O–H groups in total. The largest absolute Gasteiger partial charge is 0.348 e. The summed E-state index contributed by atoms with van der Waals surface area (Å²) in [5.74, 6) is -0.331. The van der Waals surface area contributed by atoms with Crippen molar-refractivity contribution in [2.24, 2.45) is 5.73 Å². The van der Waals surface area contributed by atoms with Gasteiger partial charge >= 0.3 is 0 Å². The van der Waals surface area contributed by atoms with Crippen LogP contribution in [0.1, 0.15) is 30.1 Å². The van der Waals surface area contributed by atoms with E-state index in [1.54, 1.807) is 6.07 Å². The highest BCUT2D eigenvalue weighted by Crippen LogP contribution is 2.13. The molecule has 1 atom stereocenters. The lowest BCUT2D eigenvalue weighted by atomic mass is 10.1. The topological polar surface area (TPSA) is 98.3 Å². The SMILES string of the molecule is CCCC(CN)NC(=O)c1cccc([N+](=O)[O-])c1. The molecule has 0 fully saturated rings. The fraction of sp³-hybridized carbons (Fsp3) is 0.417. The van der Waals surface area contributed by atoms with Crippen LogP contribution in [0.25, 0.3) is 0 Å². The molecule has 0 aliphatic heterocycles. The molecule has 6 heteroatoms. The molecule has 98 valence electrons. The molecule has 18 heavy (non-hydrogen) atoms. The summed E-state index contributed by atoms with van der Waals surface area (Å²) in [6.07, 6.45) is 1.70. The Bertz CT molecular complexity index is 434. The maximum Gasteiger partial charge on any atom is 0.270 e. The number of hydrogen-bond acceptors (Lipinski definition) is 4. The molecule has 0 aliphatic rings. The highest BCUT2D eigenvalue weighted by Gasteiger charge is 2.14. The van der Waals surface area contributed by atoms with Gasteiger partial charge in [0.25, 0.3) is 11.6 Å². The predicted molar refractivity (Wildman–Crippen MR) is 68.3 cm³/mol. The van der Waals surface area contributed by atoms with E-state index in [9.17, 15) is 14.9 Å². The second-order valence-electron chi connectivity index (χ2n) is 4.00. The zero-order chi connectivity index (χ0) is 13.5. The third-order valence-corrected chi connectivity index (χ3v) is 2.58. The highest BCUT2D eigenvalue weighted by molar-refractivity contribution is 5.95. The molecule has 0 aromatic heterocycles. The molecule has 0 saturated carbocycles. The second-order valence-corrected chi connectivity index (χ2v) is 4.00. The van der Waals surface area contributed by atoms with Crippen molar-refractivity contribution in [1.82, 2.24) is 5.32 Å². The number of nitrogens with two attached hydrogens (primary N) is 1. The number of carbonyl (C=O) groups is 1. The quantitative estimate of drug-likeness (QED) is 0.590. The first-order valence-corrected chi connectivity index (χ1v) is 5.83. The Kier molecular flexibility index (Phi) is 5.26. The van der Waals surface area contributed by atoms with Gasteiger partial charge in [-0.2, -0.15) is 0 Å². The number of amides is 1. The van der Waals surface area contributed by atoms with Crippen LogP contribution in [0.3, 0.4) is 0 Å². The average Bonchev–Trinajstić information content (AvgIpc) is 2.38. The molecule has 1 aromatic rings. The van der Waals surface area contributed by atoms with Crippen molar-refractivity contribution < 1.29 is 9.72 Å². The van der Waals surface area contributed by atoms with E-state index in [0.717, 1.165) is 12.8 Å². The fourth-order valence-electron chi connectivity index (χ4n) is 1.63. The molecule has 1 aromatic carbocycles. The number of rotatable bonds is 6. The zero-order valence-corrected chi connectivity index (χ0v) is 10.3. The lowest BCUT2D eigenvalue weighted by molar-refractivity contribution is -0.384. The lowest BCUT2D eigenvalue weighted by Crippen LogP contribution is -2.40. The van der Waals surface area contributed by atoms with Crippen LogP contribution in [-0.2, 0) is 0 Å². The first-order chi connectivity index (χ1) is 8.58. The first kappa shape index (κ1) is 14.1. The molecule has 0 heterocycles. The number of nitrogens with one attached hydrogen (secondary N) is 1. The van der Waals surface area contributed by atoms with Gasteiger partial charge in [0.1, 0.15) is 0 Å². The maximum atomic E-state index is 11.9. The van der Waals surface area contributed by atoms with Crippen molar-refractivity contribution in [2.75, 3.05) is 6.54 Å². The first-order valence-electron chi connectivity index (χ1n) is 5.83. The molecule has 1 rings (SSSR count). The summed E-state index contributed by atoms with van der Waals surface area (Å²) in [6.45, 7) is 2.36. The summed E-state index contributed by atoms with van der Waals surface area (Å²) in [5.41, 5.74) is 5.72. The minimum Gasteiger partial charge on any atom is -0.348 e. The van der Waals surface area contributed by atoms with E-state index >= 15 is 0 Å². The van der Waals surface area contributed by atoms with Crippen molar-refractivity contribution in [3.05, 3.63) is 39.9 Å². The minimum absolute atomic E-state index is 0.0950. The van der Waals surface area contributed by atoms with Crippen LogP contribution in [0.2, 0.25) is 0 Å². The standard InChI is InChI=1S/C12H17N3O3/c1-2-4-10(8-13)14-12(16)9-5-3-6-11(7-9)15(17)18/h3,5-7,10H,2,4,8,13H2,1H3,(H,14,16). The van der Waals surface area contributed by atoms with E-state index in [1.807, 2.05) is 6.92 Å². The molecule has 1 amide bonds. The molecule has 0 saturated heterocycles. The summed E-state index contributed by atoms with van der Waals surface area (Å²) in [7, 11) is 0. The van der Waals surface area contributed by atoms with E-state index in [2.05, 4.69) is 5.32 Å². The molecule has 1 unspecified atom stereocenters. The normalized spacial score (nSPS) is 11.9. The van der Waals surface area contributed by atoms with Crippen LogP contribution in [0.4, 0.5) is 5.69 Å². The number of nitro benzene ring substituents is 1. The Morgan fingerprint density at radius 3 is 2.83 bits per heavy atom. The fourth-order valence-corrected chi connectivity index (χ4v) is 1.63. The second kappa shape index (κ2) is 6.70. The molecule has 0 aliphatic carbocycles. The van der Waals surface area contributed by atoms with Crippen LogP contribution in [0.15, 0.2) is 24.3 Å². The van der Waals surface area contributed by atoms with E-state index in [0.29, 0.717) is 6.54 Å². The number of hydrogen-bond donors (Lipinski definition) is 2. The minimum atomic E-state index is -0.525. The van der Waals surface area contributed by atoms with Gasteiger partial charge in [0.15, 0.2) is 0 Å². The number of benzene rings is 1. The van der Waals surface area contributed by atoms with Gasteiger partial charge in [-0.25, -0.2) is 0 Å². The molecule has 0 radical (unpaired) electrons. The van der Waals surface area contributed by atoms with Crippen molar-refractivity contribution in [3.8, 4) is 0 Å². The van der Waals surface area contributed by atoms with Crippen molar-refractivity contribution in [2.45, 2.75) is 25.8 Å². The molecule has 0 bridgehead atoms. The van der Waals surface area contributed by atoms with Crippen LogP contribution >= 0.6 is 0 Å². The summed E-state index contributed by atoms with van der Waals surface area (Å²) >= 11 is 0. The monoisotopic (exact) mass is 251 g/mol. The smallest absolute Gasteiger partial charge is 0.270 e. The van der Waals surface area contributed by atoms with Gasteiger partial charge in [-0.05, 0) is 12.5 Å². The average molecular weight is 251 g/mol. The Morgan fingerprint density at radius 1 is 1.56 bits per heavy atom. The zero-order valence-electron chi connectivity index (χ0n) is 10.3. The Labute approximate surface area is 105 Å². The van der Waals surface area contributed by atoms with Crippen molar-refractivity contribution in [3.63, 3.8) is 0 Å². The molecule has 6 nitrogen and oxygen atoms in total. The summed E-state index contributed by atoms with van der Waals surface area (Å²) in [4.78, 5) is 22.0. The molecular weight excluding hydrogens is 234 g/mol. The van der Waals surface area contributed by atoms with E-state index in [-0.39, 0.29) is 23.2 Å². The number of non-ortho nitro benzene ring substituents is 1. The lowest BCUT2D eigenvalue weighted by Gasteiger charge is -2.15.